The SMILES string of the molecule is COC(=O)c1sn(C)c2c(C(=O)OC)c(=O)n(C)c1-2. The van der Waals surface area contributed by atoms with E-state index in [0.29, 0.717) is 11.4 Å². The van der Waals surface area contributed by atoms with E-state index in [1.165, 1.54) is 25.8 Å². The standard InChI is InChI=1S/C11H12N2O5S/c1-12-7-6(5(9(12)14)10(15)17-3)13(2)19-8(7)11(16)18-4/h1-4H3. The van der Waals surface area contributed by atoms with Crippen molar-refractivity contribution in [1.82, 2.24) is 8.52 Å². The van der Waals surface area contributed by atoms with Crippen LogP contribution >= 0.6 is 11.5 Å². The molecule has 0 unspecified atom stereocenters. The maximum Gasteiger partial charge on any atom is 0.351 e. The Balaban J connectivity index is 2.82. The summed E-state index contributed by atoms with van der Waals surface area (Å²) in [4.78, 5) is 35.7. The minimum atomic E-state index is -0.722. The number of aryl methyl sites for hydroxylation is 1. The number of rotatable bonds is 2. The van der Waals surface area contributed by atoms with Gasteiger partial charge >= 0.3 is 11.9 Å². The van der Waals surface area contributed by atoms with E-state index in [4.69, 9.17) is 0 Å². The van der Waals surface area contributed by atoms with Gasteiger partial charge < -0.3 is 14.0 Å². The molecule has 2 rings (SSSR count). The molecular formula is C11H12N2O5S. The van der Waals surface area contributed by atoms with Crippen LogP contribution in [0.5, 0.6) is 0 Å². The molecule has 0 fully saturated rings. The minimum absolute atomic E-state index is 0.0751. The summed E-state index contributed by atoms with van der Waals surface area (Å²) < 4.78 is 12.1. The summed E-state index contributed by atoms with van der Waals surface area (Å²) in [5.74, 6) is -1.27. The second-order valence-corrected chi connectivity index (χ2v) is 4.98. The predicted molar refractivity (Wildman–Crippen MR) is 67.8 cm³/mol. The molecule has 0 spiro atoms. The van der Waals surface area contributed by atoms with Gasteiger partial charge in [-0.15, -0.1) is 0 Å². The zero-order chi connectivity index (χ0) is 14.3. The van der Waals surface area contributed by atoms with Crippen LogP contribution < -0.4 is 5.56 Å². The lowest BCUT2D eigenvalue weighted by Crippen LogP contribution is -2.19. The smallest absolute Gasteiger partial charge is 0.351 e. The summed E-state index contributed by atoms with van der Waals surface area (Å²) in [5.41, 5.74) is 0.189. The molecule has 0 aromatic rings. The molecule has 102 valence electrons. The average Bonchev–Trinajstić information content (AvgIpc) is 2.86. The lowest BCUT2D eigenvalue weighted by molar-refractivity contribution is 0.0592. The highest BCUT2D eigenvalue weighted by atomic mass is 32.1. The highest BCUT2D eigenvalue weighted by molar-refractivity contribution is 7.09. The topological polar surface area (TPSA) is 79.5 Å². The number of nitrogens with zero attached hydrogens (tertiary/aromatic N) is 2. The molecule has 0 radical (unpaired) electrons. The van der Waals surface area contributed by atoms with Crippen molar-refractivity contribution < 1.29 is 19.1 Å². The fourth-order valence-corrected chi connectivity index (χ4v) is 2.97. The highest BCUT2D eigenvalue weighted by Gasteiger charge is 2.33. The van der Waals surface area contributed by atoms with E-state index in [-0.39, 0.29) is 10.4 Å². The first kappa shape index (κ1) is 13.3. The van der Waals surface area contributed by atoms with Gasteiger partial charge in [0.1, 0.15) is 0 Å². The second-order valence-electron chi connectivity index (χ2n) is 3.84. The van der Waals surface area contributed by atoms with Crippen molar-refractivity contribution in [2.24, 2.45) is 14.1 Å². The number of hydrogen-bond donors (Lipinski definition) is 0. The molecule has 0 saturated heterocycles. The van der Waals surface area contributed by atoms with E-state index < -0.39 is 17.5 Å². The van der Waals surface area contributed by atoms with Crippen molar-refractivity contribution in [2.45, 2.75) is 0 Å². The Labute approximate surface area is 112 Å². The summed E-state index contributed by atoms with van der Waals surface area (Å²) in [6, 6.07) is 0. The van der Waals surface area contributed by atoms with Crippen LogP contribution in [0, 0.1) is 0 Å². The Morgan fingerprint density at radius 1 is 1.05 bits per heavy atom. The number of aromatic nitrogens is 2. The molecule has 0 bridgehead atoms. The highest BCUT2D eigenvalue weighted by Crippen LogP contribution is 2.33. The van der Waals surface area contributed by atoms with Crippen molar-refractivity contribution in [1.29, 1.82) is 0 Å². The number of methoxy groups -OCH3 is 2. The Kier molecular flexibility index (Phi) is 3.19. The van der Waals surface area contributed by atoms with Gasteiger partial charge in [-0.1, -0.05) is 0 Å². The Bertz CT molecular complexity index is 693. The van der Waals surface area contributed by atoms with E-state index in [2.05, 4.69) is 9.47 Å². The van der Waals surface area contributed by atoms with Gasteiger partial charge in [0.25, 0.3) is 5.56 Å². The molecule has 19 heavy (non-hydrogen) atoms. The Morgan fingerprint density at radius 2 is 1.63 bits per heavy atom. The quantitative estimate of drug-likeness (QED) is 0.749. The molecule has 0 amide bonds. The largest absolute Gasteiger partial charge is 0.465 e. The van der Waals surface area contributed by atoms with Crippen LogP contribution in [0.15, 0.2) is 4.79 Å². The van der Waals surface area contributed by atoms with E-state index in [0.717, 1.165) is 11.5 Å². The molecule has 2 aliphatic rings. The summed E-state index contributed by atoms with van der Waals surface area (Å²) >= 11 is 1.11. The summed E-state index contributed by atoms with van der Waals surface area (Å²) in [7, 11) is 5.62. The number of esters is 2. The lowest BCUT2D eigenvalue weighted by atomic mass is 10.2. The molecule has 2 heterocycles. The Hall–Kier alpha value is -2.09. The molecule has 0 N–H and O–H groups in total. The summed E-state index contributed by atoms with van der Waals surface area (Å²) in [6.45, 7) is 0. The zero-order valence-electron chi connectivity index (χ0n) is 10.8. The molecule has 7 nitrogen and oxygen atoms in total. The van der Waals surface area contributed by atoms with E-state index in [1.54, 1.807) is 11.0 Å². The Morgan fingerprint density at radius 3 is 2.16 bits per heavy atom. The normalized spacial score (nSPS) is 10.7. The van der Waals surface area contributed by atoms with Crippen LogP contribution in [0.3, 0.4) is 0 Å². The van der Waals surface area contributed by atoms with Crippen LogP contribution in [0.1, 0.15) is 20.0 Å². The van der Waals surface area contributed by atoms with Crippen molar-refractivity contribution in [2.75, 3.05) is 14.2 Å². The minimum Gasteiger partial charge on any atom is -0.465 e. The fourth-order valence-electron chi connectivity index (χ4n) is 1.95. The van der Waals surface area contributed by atoms with Gasteiger partial charge in [-0.2, -0.15) is 0 Å². The number of fused-ring (bicyclic) bond motifs is 1. The molecule has 0 aromatic heterocycles. The first-order valence-corrected chi connectivity index (χ1v) is 6.06. The first-order valence-electron chi connectivity index (χ1n) is 5.29. The molecule has 0 aromatic carbocycles. The van der Waals surface area contributed by atoms with Crippen molar-refractivity contribution >= 4 is 23.5 Å². The van der Waals surface area contributed by atoms with Crippen molar-refractivity contribution in [3.63, 3.8) is 0 Å². The number of hydrogen-bond acceptors (Lipinski definition) is 6. The van der Waals surface area contributed by atoms with E-state index in [1.807, 2.05) is 0 Å². The molecule has 0 aliphatic carbocycles. The van der Waals surface area contributed by atoms with Crippen LogP contribution in [0.4, 0.5) is 0 Å². The predicted octanol–water partition coefficient (Wildman–Crippen LogP) is 0.463. The van der Waals surface area contributed by atoms with Gasteiger partial charge in [0.05, 0.1) is 25.6 Å². The summed E-state index contributed by atoms with van der Waals surface area (Å²) in [5, 5.41) is 0. The van der Waals surface area contributed by atoms with Gasteiger partial charge in [-0.25, -0.2) is 9.59 Å². The third-order valence-electron chi connectivity index (χ3n) is 2.83. The second kappa shape index (κ2) is 4.54. The third-order valence-corrected chi connectivity index (χ3v) is 3.83. The van der Waals surface area contributed by atoms with Crippen LogP contribution in [0.25, 0.3) is 11.4 Å². The molecular weight excluding hydrogens is 272 g/mol. The molecule has 2 aliphatic heterocycles. The zero-order valence-corrected chi connectivity index (χ0v) is 11.7. The van der Waals surface area contributed by atoms with Crippen molar-refractivity contribution in [3.05, 3.63) is 20.8 Å². The van der Waals surface area contributed by atoms with Crippen molar-refractivity contribution in [3.8, 4) is 11.4 Å². The maximum atomic E-state index is 12.1. The fraction of sp³-hybridized carbons (Fsp3) is 0.364. The molecule has 8 heteroatoms. The van der Waals surface area contributed by atoms with E-state index in [9.17, 15) is 14.4 Å². The number of carbonyl (C=O) groups is 2. The van der Waals surface area contributed by atoms with Gasteiger partial charge in [0.2, 0.25) is 0 Å². The maximum absolute atomic E-state index is 12.1. The van der Waals surface area contributed by atoms with Crippen LogP contribution in [-0.4, -0.2) is 34.7 Å². The monoisotopic (exact) mass is 284 g/mol. The number of carbonyl (C=O) groups excluding carboxylic acids is 2. The summed E-state index contributed by atoms with van der Waals surface area (Å²) in [6.07, 6.45) is 0. The van der Waals surface area contributed by atoms with Gasteiger partial charge in [-0.3, -0.25) is 8.75 Å². The molecule has 0 atom stereocenters. The average molecular weight is 284 g/mol. The third kappa shape index (κ3) is 1.75. The lowest BCUT2D eigenvalue weighted by Gasteiger charge is -2.00. The first-order chi connectivity index (χ1) is 8.93. The van der Waals surface area contributed by atoms with Gasteiger partial charge in [0, 0.05) is 14.1 Å². The van der Waals surface area contributed by atoms with Gasteiger partial charge in [-0.05, 0) is 11.5 Å². The number of ether oxygens (including phenoxy) is 2. The van der Waals surface area contributed by atoms with Gasteiger partial charge in [0.15, 0.2) is 10.4 Å². The van der Waals surface area contributed by atoms with Crippen LogP contribution in [0.2, 0.25) is 0 Å². The van der Waals surface area contributed by atoms with E-state index >= 15 is 0 Å². The van der Waals surface area contributed by atoms with Crippen LogP contribution in [-0.2, 0) is 23.6 Å². The molecule has 0 saturated carbocycles.